The van der Waals surface area contributed by atoms with Gasteiger partial charge in [0.25, 0.3) is 0 Å². The zero-order valence-electron chi connectivity index (χ0n) is 18.0. The fourth-order valence-electron chi connectivity index (χ4n) is 4.41. The van der Waals surface area contributed by atoms with Gasteiger partial charge < -0.3 is 20.7 Å². The number of hydrogen-bond acceptors (Lipinski definition) is 5. The van der Waals surface area contributed by atoms with Gasteiger partial charge in [-0.15, -0.1) is 0 Å². The lowest BCUT2D eigenvalue weighted by Gasteiger charge is -2.41. The molecule has 0 radical (unpaired) electrons. The number of rotatable bonds is 6. The number of aryl methyl sites for hydroxylation is 1. The van der Waals surface area contributed by atoms with Gasteiger partial charge in [-0.05, 0) is 31.7 Å². The smallest absolute Gasteiger partial charge is 0.191 e. The molecule has 0 saturated carbocycles. The number of nitrogens with one attached hydrogen (secondary N) is 3. The number of nitrogens with zero attached hydrogens (tertiary/aromatic N) is 4. The number of aromatic nitrogens is 3. The van der Waals surface area contributed by atoms with E-state index in [-0.39, 0.29) is 11.6 Å². The van der Waals surface area contributed by atoms with E-state index in [9.17, 15) is 0 Å². The molecule has 2 aliphatic heterocycles. The average molecular weight is 412 g/mol. The third-order valence-corrected chi connectivity index (χ3v) is 6.24. The van der Waals surface area contributed by atoms with Crippen molar-refractivity contribution in [3.63, 3.8) is 0 Å². The standard InChI is InChI=1S/C22H33N7O/c1-17(18-6-4-3-5-7-18)28-22(10-12-30-13-11-22)15-24-21(23-2)27-19-8-9-20-25-16-26-29(20)14-19/h3-7,16-17,19,28H,8-15H2,1-2H3,(H2,23,24,27). The Kier molecular flexibility index (Phi) is 6.64. The van der Waals surface area contributed by atoms with Crippen LogP contribution in [-0.4, -0.2) is 59.1 Å². The third-order valence-electron chi connectivity index (χ3n) is 6.24. The predicted octanol–water partition coefficient (Wildman–Crippen LogP) is 1.66. The van der Waals surface area contributed by atoms with Crippen molar-refractivity contribution in [3.05, 3.63) is 48.0 Å². The second kappa shape index (κ2) is 9.57. The fourth-order valence-corrected chi connectivity index (χ4v) is 4.41. The van der Waals surface area contributed by atoms with Gasteiger partial charge in [0.15, 0.2) is 5.96 Å². The Morgan fingerprint density at radius 2 is 2.10 bits per heavy atom. The summed E-state index contributed by atoms with van der Waals surface area (Å²) in [5.74, 6) is 1.90. The number of benzene rings is 1. The SMILES string of the molecule is CN=C(NCC1(NC(C)c2ccccc2)CCOCC1)NC1CCc2ncnn2C1. The van der Waals surface area contributed by atoms with E-state index in [2.05, 4.69) is 68.3 Å². The number of aliphatic imine (C=N–C) groups is 1. The minimum atomic E-state index is -0.0310. The van der Waals surface area contributed by atoms with Crippen LogP contribution in [0.2, 0.25) is 0 Å². The van der Waals surface area contributed by atoms with Crippen LogP contribution in [0.4, 0.5) is 0 Å². The average Bonchev–Trinajstić information content (AvgIpc) is 3.26. The van der Waals surface area contributed by atoms with Gasteiger partial charge in [0.1, 0.15) is 12.2 Å². The predicted molar refractivity (Wildman–Crippen MR) is 117 cm³/mol. The molecule has 1 fully saturated rings. The molecule has 1 aromatic carbocycles. The molecule has 8 heteroatoms. The first-order chi connectivity index (χ1) is 14.7. The van der Waals surface area contributed by atoms with Crippen LogP contribution in [0.5, 0.6) is 0 Å². The summed E-state index contributed by atoms with van der Waals surface area (Å²) in [7, 11) is 1.83. The fraction of sp³-hybridized carbons (Fsp3) is 0.591. The molecule has 3 heterocycles. The first-order valence-corrected chi connectivity index (χ1v) is 10.9. The molecule has 162 valence electrons. The highest BCUT2D eigenvalue weighted by atomic mass is 16.5. The highest BCUT2D eigenvalue weighted by Crippen LogP contribution is 2.25. The molecule has 1 saturated heterocycles. The monoisotopic (exact) mass is 411 g/mol. The Hall–Kier alpha value is -2.45. The summed E-state index contributed by atoms with van der Waals surface area (Å²) in [6, 6.07) is 11.2. The first-order valence-electron chi connectivity index (χ1n) is 10.9. The summed E-state index contributed by atoms with van der Waals surface area (Å²) in [6.07, 6.45) is 5.55. The van der Waals surface area contributed by atoms with Crippen LogP contribution >= 0.6 is 0 Å². The summed E-state index contributed by atoms with van der Waals surface area (Å²) in [4.78, 5) is 8.78. The molecule has 8 nitrogen and oxygen atoms in total. The number of hydrogen-bond donors (Lipinski definition) is 3. The van der Waals surface area contributed by atoms with Gasteiger partial charge >= 0.3 is 0 Å². The molecule has 0 aliphatic carbocycles. The van der Waals surface area contributed by atoms with E-state index in [1.165, 1.54) is 5.56 Å². The molecule has 3 N–H and O–H groups in total. The topological polar surface area (TPSA) is 88.4 Å². The molecule has 0 amide bonds. The lowest BCUT2D eigenvalue weighted by atomic mass is 9.88. The third kappa shape index (κ3) is 4.99. The second-order valence-electron chi connectivity index (χ2n) is 8.33. The number of fused-ring (bicyclic) bond motifs is 1. The Bertz CT molecular complexity index is 829. The van der Waals surface area contributed by atoms with Crippen LogP contribution in [0.3, 0.4) is 0 Å². The minimum absolute atomic E-state index is 0.0310. The normalized spacial score (nSPS) is 22.2. The lowest BCUT2D eigenvalue weighted by Crippen LogP contribution is -2.59. The van der Waals surface area contributed by atoms with Crippen molar-refractivity contribution in [2.45, 2.75) is 56.8 Å². The lowest BCUT2D eigenvalue weighted by molar-refractivity contribution is 0.0354. The first kappa shape index (κ1) is 20.8. The van der Waals surface area contributed by atoms with Gasteiger partial charge in [0.2, 0.25) is 0 Å². The highest BCUT2D eigenvalue weighted by molar-refractivity contribution is 5.80. The summed E-state index contributed by atoms with van der Waals surface area (Å²) in [5, 5.41) is 15.4. The molecule has 4 rings (SSSR count). The molecular weight excluding hydrogens is 378 g/mol. The van der Waals surface area contributed by atoms with Crippen molar-refractivity contribution >= 4 is 5.96 Å². The number of guanidine groups is 1. The zero-order valence-corrected chi connectivity index (χ0v) is 18.0. The Labute approximate surface area is 178 Å². The van der Waals surface area contributed by atoms with Gasteiger partial charge in [0, 0.05) is 50.8 Å². The van der Waals surface area contributed by atoms with Crippen molar-refractivity contribution in [2.24, 2.45) is 4.99 Å². The van der Waals surface area contributed by atoms with Crippen molar-refractivity contribution in [1.82, 2.24) is 30.7 Å². The van der Waals surface area contributed by atoms with Crippen LogP contribution in [-0.2, 0) is 17.7 Å². The van der Waals surface area contributed by atoms with Crippen molar-refractivity contribution < 1.29 is 4.74 Å². The molecule has 2 aliphatic rings. The molecule has 0 bridgehead atoms. The van der Waals surface area contributed by atoms with Gasteiger partial charge in [-0.2, -0.15) is 5.10 Å². The quantitative estimate of drug-likeness (QED) is 0.495. The molecule has 30 heavy (non-hydrogen) atoms. The Balaban J connectivity index is 1.36. The van der Waals surface area contributed by atoms with Gasteiger partial charge in [0.05, 0.1) is 6.54 Å². The summed E-state index contributed by atoms with van der Waals surface area (Å²) in [5.41, 5.74) is 1.27. The summed E-state index contributed by atoms with van der Waals surface area (Å²) < 4.78 is 7.65. The minimum Gasteiger partial charge on any atom is -0.381 e. The van der Waals surface area contributed by atoms with Crippen LogP contribution < -0.4 is 16.0 Å². The molecular formula is C22H33N7O. The maximum atomic E-state index is 5.66. The zero-order chi connectivity index (χ0) is 20.8. The van der Waals surface area contributed by atoms with E-state index >= 15 is 0 Å². The van der Waals surface area contributed by atoms with E-state index in [4.69, 9.17) is 4.74 Å². The molecule has 0 spiro atoms. The van der Waals surface area contributed by atoms with Crippen molar-refractivity contribution in [3.8, 4) is 0 Å². The Morgan fingerprint density at radius 3 is 2.87 bits per heavy atom. The summed E-state index contributed by atoms with van der Waals surface area (Å²) >= 11 is 0. The van der Waals surface area contributed by atoms with Gasteiger partial charge in [-0.25, -0.2) is 9.67 Å². The molecule has 1 aromatic heterocycles. The van der Waals surface area contributed by atoms with E-state index in [1.807, 2.05) is 11.7 Å². The maximum absolute atomic E-state index is 5.66. The molecule has 2 aromatic rings. The summed E-state index contributed by atoms with van der Waals surface area (Å²) in [6.45, 7) is 5.41. The Morgan fingerprint density at radius 1 is 1.30 bits per heavy atom. The largest absolute Gasteiger partial charge is 0.381 e. The van der Waals surface area contributed by atoms with E-state index < -0.39 is 0 Å². The highest BCUT2D eigenvalue weighted by Gasteiger charge is 2.34. The second-order valence-corrected chi connectivity index (χ2v) is 8.33. The van der Waals surface area contributed by atoms with Gasteiger partial charge in [-0.3, -0.25) is 4.99 Å². The van der Waals surface area contributed by atoms with Gasteiger partial charge in [-0.1, -0.05) is 30.3 Å². The van der Waals surface area contributed by atoms with Crippen LogP contribution in [0.25, 0.3) is 0 Å². The van der Waals surface area contributed by atoms with Crippen LogP contribution in [0.1, 0.15) is 43.6 Å². The van der Waals surface area contributed by atoms with E-state index in [1.54, 1.807) is 6.33 Å². The molecule has 2 unspecified atom stereocenters. The van der Waals surface area contributed by atoms with E-state index in [0.717, 1.165) is 63.8 Å². The van der Waals surface area contributed by atoms with Crippen molar-refractivity contribution in [2.75, 3.05) is 26.8 Å². The van der Waals surface area contributed by atoms with E-state index in [0.29, 0.717) is 6.04 Å². The number of ether oxygens (including phenoxy) is 1. The van der Waals surface area contributed by atoms with Crippen LogP contribution in [0, 0.1) is 0 Å². The van der Waals surface area contributed by atoms with Crippen LogP contribution in [0.15, 0.2) is 41.7 Å². The maximum Gasteiger partial charge on any atom is 0.191 e. The molecule has 2 atom stereocenters. The van der Waals surface area contributed by atoms with Crippen molar-refractivity contribution in [1.29, 1.82) is 0 Å².